The standard InChI is InChI=1S/C16H23Cl2NOS/c1-2-10-19-14-6-4-3-5-7-15(14)21(20)16-11-12(17)8-9-13(16)18/h8-9,11,14-15,19H,2-7,10H2,1H3. The number of rotatable bonds is 5. The van der Waals surface area contributed by atoms with E-state index in [2.05, 4.69) is 12.2 Å². The van der Waals surface area contributed by atoms with Crippen LogP contribution in [0.4, 0.5) is 0 Å². The Morgan fingerprint density at radius 3 is 2.76 bits per heavy atom. The van der Waals surface area contributed by atoms with E-state index in [1.165, 1.54) is 12.8 Å². The lowest BCUT2D eigenvalue weighted by Gasteiger charge is -2.26. The maximum atomic E-state index is 13.0. The van der Waals surface area contributed by atoms with Crippen LogP contribution in [-0.4, -0.2) is 22.0 Å². The van der Waals surface area contributed by atoms with Gasteiger partial charge in [0.05, 0.1) is 26.0 Å². The van der Waals surface area contributed by atoms with E-state index in [9.17, 15) is 4.21 Å². The molecule has 0 aliphatic heterocycles. The van der Waals surface area contributed by atoms with Crippen LogP contribution in [0.3, 0.4) is 0 Å². The van der Waals surface area contributed by atoms with Gasteiger partial charge in [0.15, 0.2) is 0 Å². The van der Waals surface area contributed by atoms with Crippen molar-refractivity contribution in [2.45, 2.75) is 61.6 Å². The molecule has 2 nitrogen and oxygen atoms in total. The molecule has 3 atom stereocenters. The quantitative estimate of drug-likeness (QED) is 0.775. The molecular formula is C16H23Cl2NOS. The first kappa shape index (κ1) is 17.3. The van der Waals surface area contributed by atoms with E-state index >= 15 is 0 Å². The molecule has 0 bridgehead atoms. The van der Waals surface area contributed by atoms with Crippen LogP contribution in [0.25, 0.3) is 0 Å². The molecule has 0 spiro atoms. The number of nitrogens with one attached hydrogen (secondary N) is 1. The van der Waals surface area contributed by atoms with Crippen LogP contribution in [-0.2, 0) is 10.8 Å². The largest absolute Gasteiger partial charge is 0.313 e. The minimum atomic E-state index is -1.12. The molecule has 21 heavy (non-hydrogen) atoms. The third kappa shape index (κ3) is 4.69. The highest BCUT2D eigenvalue weighted by Crippen LogP contribution is 2.30. The normalized spacial score (nSPS) is 24.5. The highest BCUT2D eigenvalue weighted by atomic mass is 35.5. The molecule has 1 saturated carbocycles. The van der Waals surface area contributed by atoms with Crippen molar-refractivity contribution in [3.05, 3.63) is 28.2 Å². The SMILES string of the molecule is CCCNC1CCCCCC1S(=O)c1cc(Cl)ccc1Cl. The third-order valence-corrected chi connectivity index (χ3v) is 6.56. The Labute approximate surface area is 140 Å². The van der Waals surface area contributed by atoms with E-state index in [1.54, 1.807) is 18.2 Å². The molecule has 3 unspecified atom stereocenters. The van der Waals surface area contributed by atoms with Gasteiger partial charge in [-0.1, -0.05) is 49.4 Å². The first-order valence-electron chi connectivity index (χ1n) is 7.72. The topological polar surface area (TPSA) is 29.1 Å². The molecular weight excluding hydrogens is 325 g/mol. The van der Waals surface area contributed by atoms with E-state index in [1.807, 2.05) is 0 Å². The first-order valence-corrected chi connectivity index (χ1v) is 9.69. The van der Waals surface area contributed by atoms with Gasteiger partial charge in [-0.2, -0.15) is 0 Å². The molecule has 1 aliphatic rings. The predicted molar refractivity (Wildman–Crippen MR) is 91.8 cm³/mol. The second-order valence-corrected chi connectivity index (χ2v) is 8.09. The van der Waals surface area contributed by atoms with Crippen molar-refractivity contribution in [1.29, 1.82) is 0 Å². The summed E-state index contributed by atoms with van der Waals surface area (Å²) in [6.07, 6.45) is 6.73. The van der Waals surface area contributed by atoms with Gasteiger partial charge in [-0.25, -0.2) is 0 Å². The number of benzene rings is 1. The monoisotopic (exact) mass is 347 g/mol. The van der Waals surface area contributed by atoms with E-state index in [0.29, 0.717) is 21.0 Å². The van der Waals surface area contributed by atoms with Crippen LogP contribution in [0.15, 0.2) is 23.1 Å². The van der Waals surface area contributed by atoms with Gasteiger partial charge in [0.25, 0.3) is 0 Å². The van der Waals surface area contributed by atoms with Gasteiger partial charge in [0.2, 0.25) is 0 Å². The van der Waals surface area contributed by atoms with Crippen molar-refractivity contribution in [2.24, 2.45) is 0 Å². The summed E-state index contributed by atoms with van der Waals surface area (Å²) in [5.74, 6) is 0. The molecule has 0 radical (unpaired) electrons. The summed E-state index contributed by atoms with van der Waals surface area (Å²) >= 11 is 12.3. The van der Waals surface area contributed by atoms with Gasteiger partial charge in [0.1, 0.15) is 0 Å². The maximum Gasteiger partial charge on any atom is 0.0592 e. The molecule has 1 N–H and O–H groups in total. The Kier molecular flexibility index (Phi) is 7.00. The number of hydrogen-bond acceptors (Lipinski definition) is 2. The molecule has 118 valence electrons. The van der Waals surface area contributed by atoms with Gasteiger partial charge in [-0.05, 0) is 44.0 Å². The lowest BCUT2D eigenvalue weighted by molar-refractivity contribution is 0.463. The van der Waals surface area contributed by atoms with Gasteiger partial charge >= 0.3 is 0 Å². The zero-order valence-corrected chi connectivity index (χ0v) is 14.7. The van der Waals surface area contributed by atoms with Crippen LogP contribution >= 0.6 is 23.2 Å². The third-order valence-electron chi connectivity index (χ3n) is 3.99. The molecule has 1 aromatic rings. The Hall–Kier alpha value is -0.0900. The molecule has 1 aliphatic carbocycles. The smallest absolute Gasteiger partial charge is 0.0592 e. The second kappa shape index (κ2) is 8.52. The predicted octanol–water partition coefficient (Wildman–Crippen LogP) is 4.80. The van der Waals surface area contributed by atoms with Crippen molar-refractivity contribution >= 4 is 34.0 Å². The Bertz CT molecular complexity index is 495. The average molecular weight is 348 g/mol. The van der Waals surface area contributed by atoms with Crippen molar-refractivity contribution in [3.63, 3.8) is 0 Å². The fourth-order valence-corrected chi connectivity index (χ4v) is 5.21. The zero-order chi connectivity index (χ0) is 15.2. The average Bonchev–Trinajstić information content (AvgIpc) is 2.72. The summed E-state index contributed by atoms with van der Waals surface area (Å²) in [6, 6.07) is 5.54. The molecule has 0 amide bonds. The molecule has 0 aromatic heterocycles. The molecule has 0 saturated heterocycles. The van der Waals surface area contributed by atoms with Gasteiger partial charge in [-0.15, -0.1) is 0 Å². The fourth-order valence-electron chi connectivity index (χ4n) is 2.89. The Balaban J connectivity index is 2.22. The minimum absolute atomic E-state index is 0.120. The minimum Gasteiger partial charge on any atom is -0.313 e. The Morgan fingerprint density at radius 2 is 2.00 bits per heavy atom. The van der Waals surface area contributed by atoms with Crippen molar-refractivity contribution < 1.29 is 4.21 Å². The molecule has 0 heterocycles. The summed E-state index contributed by atoms with van der Waals surface area (Å²) in [6.45, 7) is 3.13. The zero-order valence-electron chi connectivity index (χ0n) is 12.4. The first-order chi connectivity index (χ1) is 10.1. The van der Waals surface area contributed by atoms with Crippen LogP contribution < -0.4 is 5.32 Å². The van der Waals surface area contributed by atoms with Gasteiger partial charge in [0, 0.05) is 11.1 Å². The van der Waals surface area contributed by atoms with E-state index in [0.717, 1.165) is 32.2 Å². The maximum absolute atomic E-state index is 13.0. The van der Waals surface area contributed by atoms with Crippen molar-refractivity contribution in [1.82, 2.24) is 5.32 Å². The van der Waals surface area contributed by atoms with Crippen molar-refractivity contribution in [3.8, 4) is 0 Å². The number of halogens is 2. The van der Waals surface area contributed by atoms with Gasteiger partial charge < -0.3 is 5.32 Å². The highest BCUT2D eigenvalue weighted by Gasteiger charge is 2.30. The van der Waals surface area contributed by atoms with Gasteiger partial charge in [-0.3, -0.25) is 4.21 Å². The Morgan fingerprint density at radius 1 is 1.24 bits per heavy atom. The van der Waals surface area contributed by atoms with E-state index in [-0.39, 0.29) is 5.25 Å². The molecule has 1 fully saturated rings. The van der Waals surface area contributed by atoms with Crippen LogP contribution in [0, 0.1) is 0 Å². The molecule has 5 heteroatoms. The molecule has 1 aromatic carbocycles. The number of hydrogen-bond donors (Lipinski definition) is 1. The fraction of sp³-hybridized carbons (Fsp3) is 0.625. The highest BCUT2D eigenvalue weighted by molar-refractivity contribution is 7.85. The van der Waals surface area contributed by atoms with E-state index < -0.39 is 10.8 Å². The van der Waals surface area contributed by atoms with E-state index in [4.69, 9.17) is 23.2 Å². The molecule has 2 rings (SSSR count). The second-order valence-electron chi connectivity index (χ2n) is 5.61. The summed E-state index contributed by atoms with van der Waals surface area (Å²) in [7, 11) is -1.12. The lowest BCUT2D eigenvalue weighted by Crippen LogP contribution is -2.41. The van der Waals surface area contributed by atoms with Crippen LogP contribution in [0.1, 0.15) is 45.4 Å². The van der Waals surface area contributed by atoms with Crippen LogP contribution in [0.5, 0.6) is 0 Å². The lowest BCUT2D eigenvalue weighted by atomic mass is 10.1. The van der Waals surface area contributed by atoms with Crippen molar-refractivity contribution in [2.75, 3.05) is 6.54 Å². The summed E-state index contributed by atoms with van der Waals surface area (Å²) in [4.78, 5) is 0.680. The summed E-state index contributed by atoms with van der Waals surface area (Å²) in [5.41, 5.74) is 0. The van der Waals surface area contributed by atoms with Crippen LogP contribution in [0.2, 0.25) is 10.0 Å². The summed E-state index contributed by atoms with van der Waals surface area (Å²) in [5, 5.41) is 4.84. The summed E-state index contributed by atoms with van der Waals surface area (Å²) < 4.78 is 13.0.